The van der Waals surface area contributed by atoms with Gasteiger partial charge in [-0.15, -0.1) is 0 Å². The Bertz CT molecular complexity index is 407. The van der Waals surface area contributed by atoms with Crippen LogP contribution in [0.15, 0.2) is 24.3 Å². The quantitative estimate of drug-likeness (QED) is 0.827. The predicted octanol–water partition coefficient (Wildman–Crippen LogP) is 2.12. The molecule has 0 saturated carbocycles. The van der Waals surface area contributed by atoms with E-state index in [1.807, 2.05) is 13.0 Å². The topological polar surface area (TPSA) is 52.6 Å². The molecule has 1 rings (SSSR count). The molecule has 1 aromatic carbocycles. The number of aliphatic hydroxyl groups is 1. The van der Waals surface area contributed by atoms with Crippen LogP contribution in [0.2, 0.25) is 0 Å². The molecule has 0 aliphatic rings. The van der Waals surface area contributed by atoms with E-state index in [4.69, 9.17) is 5.11 Å². The molecular formula is C15H24N2O2. The van der Waals surface area contributed by atoms with Gasteiger partial charge in [0.25, 0.3) is 0 Å². The summed E-state index contributed by atoms with van der Waals surface area (Å²) in [5.41, 5.74) is 2.46. The van der Waals surface area contributed by atoms with Crippen LogP contribution < -0.4 is 5.32 Å². The van der Waals surface area contributed by atoms with E-state index in [1.165, 1.54) is 11.1 Å². The van der Waals surface area contributed by atoms with Crippen LogP contribution in [0, 0.1) is 6.92 Å². The molecule has 0 aliphatic carbocycles. The predicted molar refractivity (Wildman–Crippen MR) is 77.3 cm³/mol. The molecular weight excluding hydrogens is 240 g/mol. The minimum absolute atomic E-state index is 0.00526. The van der Waals surface area contributed by atoms with Crippen LogP contribution in [-0.4, -0.2) is 42.3 Å². The maximum atomic E-state index is 11.9. The third-order valence-electron chi connectivity index (χ3n) is 3.21. The van der Waals surface area contributed by atoms with Gasteiger partial charge >= 0.3 is 6.03 Å². The first-order chi connectivity index (χ1) is 9.08. The van der Waals surface area contributed by atoms with Crippen molar-refractivity contribution in [1.29, 1.82) is 0 Å². The lowest BCUT2D eigenvalue weighted by atomic mass is 9.99. The molecule has 0 spiro atoms. The molecule has 106 valence electrons. The Morgan fingerprint density at radius 1 is 1.47 bits per heavy atom. The lowest BCUT2D eigenvalue weighted by Gasteiger charge is -2.22. The first-order valence-electron chi connectivity index (χ1n) is 6.78. The summed E-state index contributed by atoms with van der Waals surface area (Å²) in [7, 11) is 0. The molecule has 0 saturated heterocycles. The van der Waals surface area contributed by atoms with E-state index in [2.05, 4.69) is 37.4 Å². The molecule has 4 heteroatoms. The normalized spacial score (nSPS) is 12.0. The van der Waals surface area contributed by atoms with E-state index in [0.29, 0.717) is 19.6 Å². The number of aryl methyl sites for hydroxylation is 1. The van der Waals surface area contributed by atoms with E-state index < -0.39 is 0 Å². The summed E-state index contributed by atoms with van der Waals surface area (Å²) in [6, 6.07) is 8.20. The highest BCUT2D eigenvalue weighted by Crippen LogP contribution is 2.15. The van der Waals surface area contributed by atoms with Gasteiger partial charge in [-0.1, -0.05) is 36.8 Å². The van der Waals surface area contributed by atoms with Crippen LogP contribution in [0.25, 0.3) is 0 Å². The summed E-state index contributed by atoms with van der Waals surface area (Å²) in [5.74, 6) is 0.275. The van der Waals surface area contributed by atoms with Crippen molar-refractivity contribution in [3.05, 3.63) is 35.4 Å². The molecule has 1 aromatic rings. The summed E-state index contributed by atoms with van der Waals surface area (Å²) in [5, 5.41) is 11.8. The molecule has 0 aliphatic heterocycles. The maximum absolute atomic E-state index is 11.9. The van der Waals surface area contributed by atoms with Crippen molar-refractivity contribution in [2.75, 3.05) is 26.2 Å². The number of aliphatic hydroxyl groups excluding tert-OH is 1. The minimum Gasteiger partial charge on any atom is -0.395 e. The summed E-state index contributed by atoms with van der Waals surface area (Å²) in [6.07, 6.45) is 0. The number of hydrogen-bond donors (Lipinski definition) is 2. The highest BCUT2D eigenvalue weighted by molar-refractivity contribution is 5.74. The van der Waals surface area contributed by atoms with Crippen molar-refractivity contribution < 1.29 is 9.90 Å². The SMILES string of the molecule is CCN(CCO)C(=O)NCC(C)c1cccc(C)c1. The molecule has 0 radical (unpaired) electrons. The number of amides is 2. The van der Waals surface area contributed by atoms with E-state index in [1.54, 1.807) is 4.90 Å². The van der Waals surface area contributed by atoms with Crippen LogP contribution in [0.5, 0.6) is 0 Å². The maximum Gasteiger partial charge on any atom is 0.317 e. The molecule has 0 aromatic heterocycles. The summed E-state index contributed by atoms with van der Waals surface area (Å²) < 4.78 is 0. The number of rotatable bonds is 6. The third kappa shape index (κ3) is 4.91. The third-order valence-corrected chi connectivity index (χ3v) is 3.21. The highest BCUT2D eigenvalue weighted by atomic mass is 16.3. The van der Waals surface area contributed by atoms with E-state index in [9.17, 15) is 4.79 Å². The van der Waals surface area contributed by atoms with Gasteiger partial charge in [-0.25, -0.2) is 4.79 Å². The Hall–Kier alpha value is -1.55. The van der Waals surface area contributed by atoms with Crippen LogP contribution in [-0.2, 0) is 0 Å². The second-order valence-electron chi connectivity index (χ2n) is 4.80. The number of carbonyl (C=O) groups excluding carboxylic acids is 1. The minimum atomic E-state index is -0.115. The fourth-order valence-corrected chi connectivity index (χ4v) is 1.97. The molecule has 2 N–H and O–H groups in total. The zero-order valence-corrected chi connectivity index (χ0v) is 12.0. The zero-order chi connectivity index (χ0) is 14.3. The molecule has 2 amide bonds. The van der Waals surface area contributed by atoms with Gasteiger partial charge in [0, 0.05) is 19.6 Å². The fraction of sp³-hybridized carbons (Fsp3) is 0.533. The van der Waals surface area contributed by atoms with Crippen LogP contribution in [0.1, 0.15) is 30.9 Å². The number of likely N-dealkylation sites (N-methyl/N-ethyl adjacent to an activating group) is 1. The summed E-state index contributed by atoms with van der Waals surface area (Å²) in [4.78, 5) is 13.5. The van der Waals surface area contributed by atoms with Crippen molar-refractivity contribution in [3.63, 3.8) is 0 Å². The number of hydrogen-bond acceptors (Lipinski definition) is 2. The van der Waals surface area contributed by atoms with Gasteiger partial charge in [0.1, 0.15) is 0 Å². The van der Waals surface area contributed by atoms with Crippen molar-refractivity contribution in [2.45, 2.75) is 26.7 Å². The van der Waals surface area contributed by atoms with Gasteiger partial charge in [0.2, 0.25) is 0 Å². The van der Waals surface area contributed by atoms with Gasteiger partial charge in [0.05, 0.1) is 6.61 Å². The fourth-order valence-electron chi connectivity index (χ4n) is 1.97. The largest absolute Gasteiger partial charge is 0.395 e. The van der Waals surface area contributed by atoms with Crippen molar-refractivity contribution in [1.82, 2.24) is 10.2 Å². The highest BCUT2D eigenvalue weighted by Gasteiger charge is 2.12. The average molecular weight is 264 g/mol. The molecule has 0 heterocycles. The summed E-state index contributed by atoms with van der Waals surface area (Å²) in [6.45, 7) is 7.64. The lowest BCUT2D eigenvalue weighted by molar-refractivity contribution is 0.180. The van der Waals surface area contributed by atoms with Crippen LogP contribution >= 0.6 is 0 Å². The van der Waals surface area contributed by atoms with Crippen molar-refractivity contribution in [3.8, 4) is 0 Å². The second-order valence-corrected chi connectivity index (χ2v) is 4.80. The molecule has 4 nitrogen and oxygen atoms in total. The zero-order valence-electron chi connectivity index (χ0n) is 12.0. The Labute approximate surface area is 115 Å². The number of nitrogens with one attached hydrogen (secondary N) is 1. The average Bonchev–Trinajstić information content (AvgIpc) is 2.41. The standard InChI is InChI=1S/C15H24N2O2/c1-4-17(8-9-18)15(19)16-11-13(3)14-7-5-6-12(2)10-14/h5-7,10,13,18H,4,8-9,11H2,1-3H3,(H,16,19). The first kappa shape index (κ1) is 15.5. The second kappa shape index (κ2) is 7.79. The van der Waals surface area contributed by atoms with Crippen molar-refractivity contribution >= 4 is 6.03 Å². The first-order valence-corrected chi connectivity index (χ1v) is 6.78. The molecule has 1 atom stereocenters. The Morgan fingerprint density at radius 2 is 2.21 bits per heavy atom. The number of benzene rings is 1. The van der Waals surface area contributed by atoms with Gasteiger partial charge in [-0.05, 0) is 25.3 Å². The Morgan fingerprint density at radius 3 is 2.79 bits per heavy atom. The van der Waals surface area contributed by atoms with Crippen molar-refractivity contribution in [2.24, 2.45) is 0 Å². The lowest BCUT2D eigenvalue weighted by Crippen LogP contribution is -2.42. The number of urea groups is 1. The van der Waals surface area contributed by atoms with Gasteiger partial charge in [-0.2, -0.15) is 0 Å². The van der Waals surface area contributed by atoms with Crippen LogP contribution in [0.4, 0.5) is 4.79 Å². The molecule has 1 unspecified atom stereocenters. The van der Waals surface area contributed by atoms with E-state index in [-0.39, 0.29) is 18.6 Å². The monoisotopic (exact) mass is 264 g/mol. The molecule has 0 bridgehead atoms. The van der Waals surface area contributed by atoms with Gasteiger partial charge in [0.15, 0.2) is 0 Å². The van der Waals surface area contributed by atoms with Gasteiger partial charge < -0.3 is 15.3 Å². The smallest absolute Gasteiger partial charge is 0.317 e. The number of nitrogens with zero attached hydrogens (tertiary/aromatic N) is 1. The Kier molecular flexibility index (Phi) is 6.36. The van der Waals surface area contributed by atoms with Crippen LogP contribution in [0.3, 0.4) is 0 Å². The van der Waals surface area contributed by atoms with Gasteiger partial charge in [-0.3, -0.25) is 0 Å². The van der Waals surface area contributed by atoms with E-state index >= 15 is 0 Å². The van der Waals surface area contributed by atoms with E-state index in [0.717, 1.165) is 0 Å². The molecule has 0 fully saturated rings. The number of carbonyl (C=O) groups is 1. The summed E-state index contributed by atoms with van der Waals surface area (Å²) >= 11 is 0. The molecule has 19 heavy (non-hydrogen) atoms. The Balaban J connectivity index is 2.49.